The third-order valence-corrected chi connectivity index (χ3v) is 7.04. The number of carbonyl (C=O) groups excluding carboxylic acids is 1. The molecule has 4 rings (SSSR count). The van der Waals surface area contributed by atoms with Crippen LogP contribution in [0.1, 0.15) is 25.3 Å². The molecule has 2 aromatic carbocycles. The topological polar surface area (TPSA) is 130 Å². The highest BCUT2D eigenvalue weighted by molar-refractivity contribution is 7.71. The first kappa shape index (κ1) is 31.3. The average molecular weight is 603 g/mol. The van der Waals surface area contributed by atoms with E-state index in [1.165, 1.54) is 26.9 Å². The SMILES string of the molecule is CCCC(=O)OCC(CO)Oc1cc(-c2n[nH]c(=S)n2-c2ccc(CN3CCOCC3)cc2)c(OC)c(OC)c1OC. The number of morpholine rings is 1. The fourth-order valence-corrected chi connectivity index (χ4v) is 4.92. The minimum atomic E-state index is -0.856. The molecule has 0 saturated carbocycles. The molecule has 13 heteroatoms. The van der Waals surface area contributed by atoms with Crippen molar-refractivity contribution in [3.63, 3.8) is 0 Å². The maximum Gasteiger partial charge on any atom is 0.305 e. The van der Waals surface area contributed by atoms with Crippen LogP contribution in [0.2, 0.25) is 0 Å². The third kappa shape index (κ3) is 7.21. The molecule has 0 spiro atoms. The molecular formula is C29H38N4O8S. The molecule has 1 aromatic heterocycles. The Bertz CT molecular complexity index is 1390. The summed E-state index contributed by atoms with van der Waals surface area (Å²) in [5, 5.41) is 17.4. The molecule has 1 aliphatic heterocycles. The first-order valence-corrected chi connectivity index (χ1v) is 14.2. The summed E-state index contributed by atoms with van der Waals surface area (Å²) in [6.45, 7) is 5.46. The van der Waals surface area contributed by atoms with Crippen LogP contribution in [-0.4, -0.2) is 97.7 Å². The standard InChI is InChI=1S/C29H38N4O8S/c1-5-6-24(35)40-18-21(17-34)41-23-15-22(25(36-2)27(38-4)26(23)37-3)28-30-31-29(42)33(28)20-9-7-19(8-10-20)16-32-11-13-39-14-12-32/h7-10,15,21,34H,5-6,11-14,16-18H2,1-4H3,(H,31,42). The number of H-pyrrole nitrogens is 1. The van der Waals surface area contributed by atoms with Gasteiger partial charge in [0.15, 0.2) is 28.2 Å². The van der Waals surface area contributed by atoms with E-state index in [2.05, 4.69) is 27.2 Å². The Balaban J connectivity index is 1.71. The minimum absolute atomic E-state index is 0.141. The molecule has 0 radical (unpaired) electrons. The summed E-state index contributed by atoms with van der Waals surface area (Å²) >= 11 is 5.62. The number of aromatic nitrogens is 3. The molecule has 2 N–H and O–H groups in total. The summed E-state index contributed by atoms with van der Waals surface area (Å²) in [6.07, 6.45) is 0.0747. The predicted molar refractivity (Wildman–Crippen MR) is 157 cm³/mol. The second kappa shape index (κ2) is 15.0. The van der Waals surface area contributed by atoms with Gasteiger partial charge >= 0.3 is 5.97 Å². The van der Waals surface area contributed by atoms with Crippen LogP contribution in [0.15, 0.2) is 30.3 Å². The van der Waals surface area contributed by atoms with Gasteiger partial charge in [0.1, 0.15) is 6.61 Å². The van der Waals surface area contributed by atoms with E-state index in [0.717, 1.165) is 38.5 Å². The van der Waals surface area contributed by atoms with Crippen LogP contribution in [-0.2, 0) is 20.8 Å². The maximum absolute atomic E-state index is 11.9. The van der Waals surface area contributed by atoms with Crippen LogP contribution in [0.3, 0.4) is 0 Å². The molecule has 0 amide bonds. The Kier molecular flexibility index (Phi) is 11.2. The summed E-state index contributed by atoms with van der Waals surface area (Å²) in [5.41, 5.74) is 2.46. The molecule has 2 heterocycles. The number of nitrogens with one attached hydrogen (secondary N) is 1. The van der Waals surface area contributed by atoms with Crippen molar-refractivity contribution in [3.8, 4) is 40.1 Å². The van der Waals surface area contributed by atoms with Crippen molar-refractivity contribution in [2.75, 3.05) is 60.8 Å². The molecule has 42 heavy (non-hydrogen) atoms. The van der Waals surface area contributed by atoms with Gasteiger partial charge in [-0.3, -0.25) is 19.4 Å². The van der Waals surface area contributed by atoms with E-state index in [-0.39, 0.29) is 36.2 Å². The highest BCUT2D eigenvalue weighted by Gasteiger charge is 2.28. The summed E-state index contributed by atoms with van der Waals surface area (Å²) in [5.74, 6) is 1.15. The second-order valence-electron chi connectivity index (χ2n) is 9.62. The van der Waals surface area contributed by atoms with Gasteiger partial charge in [0.25, 0.3) is 0 Å². The molecule has 0 bridgehead atoms. The van der Waals surface area contributed by atoms with Gasteiger partial charge in [0.05, 0.1) is 46.7 Å². The number of methoxy groups -OCH3 is 3. The molecule has 1 fully saturated rings. The van der Waals surface area contributed by atoms with Gasteiger partial charge in [-0.1, -0.05) is 19.1 Å². The van der Waals surface area contributed by atoms with Crippen LogP contribution in [0.5, 0.6) is 23.0 Å². The number of aliphatic hydroxyl groups is 1. The Labute approximate surface area is 250 Å². The monoisotopic (exact) mass is 602 g/mol. The number of hydrogen-bond acceptors (Lipinski definition) is 11. The predicted octanol–water partition coefficient (Wildman–Crippen LogP) is 3.54. The number of hydrogen-bond donors (Lipinski definition) is 2. The van der Waals surface area contributed by atoms with E-state index in [0.29, 0.717) is 28.3 Å². The second-order valence-corrected chi connectivity index (χ2v) is 10.0. The number of nitrogens with zero attached hydrogens (tertiary/aromatic N) is 3. The zero-order valence-corrected chi connectivity index (χ0v) is 25.2. The van der Waals surface area contributed by atoms with Crippen LogP contribution in [0.25, 0.3) is 17.1 Å². The van der Waals surface area contributed by atoms with Gasteiger partial charge in [-0.15, -0.1) is 0 Å². The lowest BCUT2D eigenvalue weighted by atomic mass is 10.1. The number of carbonyl (C=O) groups is 1. The van der Waals surface area contributed by atoms with Gasteiger partial charge < -0.3 is 33.5 Å². The molecule has 1 aliphatic rings. The molecule has 3 aromatic rings. The van der Waals surface area contributed by atoms with E-state index in [1.807, 2.05) is 19.1 Å². The lowest BCUT2D eigenvalue weighted by molar-refractivity contribution is -0.146. The number of ether oxygens (including phenoxy) is 6. The lowest BCUT2D eigenvalue weighted by Gasteiger charge is -2.26. The van der Waals surface area contributed by atoms with Gasteiger partial charge in [0.2, 0.25) is 11.5 Å². The Morgan fingerprint density at radius 1 is 1.10 bits per heavy atom. The van der Waals surface area contributed by atoms with Gasteiger partial charge in [0, 0.05) is 31.7 Å². The molecule has 228 valence electrons. The van der Waals surface area contributed by atoms with Crippen LogP contribution in [0.4, 0.5) is 0 Å². The zero-order valence-electron chi connectivity index (χ0n) is 24.4. The van der Waals surface area contributed by atoms with E-state index in [9.17, 15) is 9.90 Å². The van der Waals surface area contributed by atoms with Crippen molar-refractivity contribution in [1.29, 1.82) is 0 Å². The summed E-state index contributed by atoms with van der Waals surface area (Å²) in [4.78, 5) is 14.3. The van der Waals surface area contributed by atoms with Crippen molar-refractivity contribution in [1.82, 2.24) is 19.7 Å². The number of aliphatic hydroxyl groups excluding tert-OH is 1. The Morgan fingerprint density at radius 3 is 2.40 bits per heavy atom. The fraction of sp³-hybridized carbons (Fsp3) is 0.483. The van der Waals surface area contributed by atoms with Gasteiger partial charge in [-0.2, -0.15) is 5.10 Å². The largest absolute Gasteiger partial charge is 0.492 e. The highest BCUT2D eigenvalue weighted by atomic mass is 32.1. The molecule has 1 unspecified atom stereocenters. The van der Waals surface area contributed by atoms with Gasteiger partial charge in [-0.05, 0) is 42.4 Å². The molecule has 1 atom stereocenters. The zero-order chi connectivity index (χ0) is 30.1. The van der Waals surface area contributed by atoms with Crippen molar-refractivity contribution >= 4 is 18.2 Å². The minimum Gasteiger partial charge on any atom is -0.492 e. The van der Waals surface area contributed by atoms with Crippen molar-refractivity contribution in [3.05, 3.63) is 40.7 Å². The fourth-order valence-electron chi connectivity index (χ4n) is 4.69. The summed E-state index contributed by atoms with van der Waals surface area (Å²) in [6, 6.07) is 9.78. The lowest BCUT2D eigenvalue weighted by Crippen LogP contribution is -2.35. The highest BCUT2D eigenvalue weighted by Crippen LogP contribution is 2.50. The van der Waals surface area contributed by atoms with E-state index in [1.54, 1.807) is 10.6 Å². The van der Waals surface area contributed by atoms with E-state index in [4.69, 9.17) is 40.6 Å². The van der Waals surface area contributed by atoms with Crippen molar-refractivity contribution in [2.24, 2.45) is 0 Å². The van der Waals surface area contributed by atoms with Crippen LogP contribution < -0.4 is 18.9 Å². The maximum atomic E-state index is 11.9. The number of benzene rings is 2. The Hall–Kier alpha value is -3.65. The third-order valence-electron chi connectivity index (χ3n) is 6.77. The first-order valence-electron chi connectivity index (χ1n) is 13.8. The molecular weight excluding hydrogens is 564 g/mol. The number of esters is 1. The Morgan fingerprint density at radius 2 is 1.79 bits per heavy atom. The van der Waals surface area contributed by atoms with Crippen LogP contribution >= 0.6 is 12.2 Å². The molecule has 1 saturated heterocycles. The van der Waals surface area contributed by atoms with Crippen molar-refractivity contribution in [2.45, 2.75) is 32.4 Å². The number of aromatic amines is 1. The van der Waals surface area contributed by atoms with E-state index < -0.39 is 12.7 Å². The van der Waals surface area contributed by atoms with Crippen LogP contribution in [0, 0.1) is 4.77 Å². The average Bonchev–Trinajstić information content (AvgIpc) is 3.40. The quantitative estimate of drug-likeness (QED) is 0.208. The molecule has 12 nitrogen and oxygen atoms in total. The summed E-state index contributed by atoms with van der Waals surface area (Å²) in [7, 11) is 4.46. The van der Waals surface area contributed by atoms with Crippen molar-refractivity contribution < 1.29 is 38.3 Å². The first-order chi connectivity index (χ1) is 20.4. The smallest absolute Gasteiger partial charge is 0.305 e. The van der Waals surface area contributed by atoms with Gasteiger partial charge in [-0.25, -0.2) is 0 Å². The normalized spacial score (nSPS) is 14.3. The van der Waals surface area contributed by atoms with E-state index >= 15 is 0 Å². The molecule has 0 aliphatic carbocycles. The summed E-state index contributed by atoms with van der Waals surface area (Å²) < 4.78 is 36.0. The number of rotatable bonds is 14.